The maximum atomic E-state index is 12.6. The molecule has 0 bridgehead atoms. The van der Waals surface area contributed by atoms with E-state index in [4.69, 9.17) is 0 Å². The molecule has 1 aliphatic rings. The molecule has 0 saturated carbocycles. The van der Waals surface area contributed by atoms with Crippen molar-refractivity contribution in [1.29, 1.82) is 0 Å². The van der Waals surface area contributed by atoms with E-state index in [1.54, 1.807) is 13.0 Å². The van der Waals surface area contributed by atoms with Gasteiger partial charge in [0.2, 0.25) is 0 Å². The number of carbonyl (C=O) groups excluding carboxylic acids is 1. The molecule has 0 heterocycles. The number of Topliss-reactive ketones (excluding diaryl/α,β-unsaturated/α-hetero) is 1. The molecule has 2 aromatic rings. The van der Waals surface area contributed by atoms with Crippen molar-refractivity contribution in [1.82, 2.24) is 0 Å². The van der Waals surface area contributed by atoms with Gasteiger partial charge in [0.05, 0.1) is 4.92 Å². The third-order valence-electron chi connectivity index (χ3n) is 3.98. The van der Waals surface area contributed by atoms with Crippen LogP contribution in [0.25, 0.3) is 0 Å². The van der Waals surface area contributed by atoms with E-state index in [1.165, 1.54) is 23.3 Å². The Morgan fingerprint density at radius 2 is 1.76 bits per heavy atom. The van der Waals surface area contributed by atoms with Crippen LogP contribution in [0.2, 0.25) is 0 Å². The molecule has 21 heavy (non-hydrogen) atoms. The molecule has 0 saturated heterocycles. The molecule has 0 unspecified atom stereocenters. The monoisotopic (exact) mass is 281 g/mol. The quantitative estimate of drug-likeness (QED) is 0.491. The minimum absolute atomic E-state index is 0.00185. The Labute approximate surface area is 122 Å². The Morgan fingerprint density at radius 1 is 1.14 bits per heavy atom. The molecule has 0 fully saturated rings. The Morgan fingerprint density at radius 3 is 2.33 bits per heavy atom. The number of nitro groups is 1. The Hall–Kier alpha value is -2.49. The van der Waals surface area contributed by atoms with Gasteiger partial charge in [-0.1, -0.05) is 24.3 Å². The summed E-state index contributed by atoms with van der Waals surface area (Å²) in [6.45, 7) is 1.77. The first-order chi connectivity index (χ1) is 10.0. The van der Waals surface area contributed by atoms with Crippen LogP contribution in [-0.2, 0) is 12.8 Å². The van der Waals surface area contributed by atoms with E-state index >= 15 is 0 Å². The summed E-state index contributed by atoms with van der Waals surface area (Å²) in [6, 6.07) is 12.6. The summed E-state index contributed by atoms with van der Waals surface area (Å²) in [4.78, 5) is 23.1. The fraction of sp³-hybridized carbons (Fsp3) is 0.235. The van der Waals surface area contributed by atoms with Crippen molar-refractivity contribution >= 4 is 11.5 Å². The van der Waals surface area contributed by atoms with Crippen LogP contribution in [0.4, 0.5) is 5.69 Å². The molecule has 4 nitrogen and oxygen atoms in total. The predicted molar refractivity (Wildman–Crippen MR) is 79.5 cm³/mol. The Bertz CT molecular complexity index is 712. The van der Waals surface area contributed by atoms with E-state index in [9.17, 15) is 14.9 Å². The fourth-order valence-electron chi connectivity index (χ4n) is 2.99. The van der Waals surface area contributed by atoms with Gasteiger partial charge < -0.3 is 0 Å². The first-order valence-electron chi connectivity index (χ1n) is 6.91. The zero-order valence-electron chi connectivity index (χ0n) is 11.7. The van der Waals surface area contributed by atoms with E-state index in [0.717, 1.165) is 18.4 Å². The lowest BCUT2D eigenvalue weighted by Gasteiger charge is -2.08. The predicted octanol–water partition coefficient (Wildman–Crippen LogP) is 3.50. The number of fused-ring (bicyclic) bond motifs is 1. The molecule has 3 rings (SSSR count). The van der Waals surface area contributed by atoms with E-state index in [2.05, 4.69) is 0 Å². The molecular weight excluding hydrogens is 266 g/mol. The molecular formula is C17H15NO3. The number of nitrogens with zero attached hydrogens (tertiary/aromatic N) is 1. The van der Waals surface area contributed by atoms with Crippen LogP contribution in [-0.4, -0.2) is 10.7 Å². The van der Waals surface area contributed by atoms with Gasteiger partial charge in [-0.25, -0.2) is 0 Å². The van der Waals surface area contributed by atoms with Crippen LogP contribution in [0.3, 0.4) is 0 Å². The summed E-state index contributed by atoms with van der Waals surface area (Å²) in [5.74, 6) is -0.109. The normalized spacial score (nSPS) is 14.0. The molecule has 4 heteroatoms. The van der Waals surface area contributed by atoms with Crippen molar-refractivity contribution in [2.45, 2.75) is 19.8 Å². The van der Waals surface area contributed by atoms with Crippen molar-refractivity contribution in [3.05, 3.63) is 74.8 Å². The van der Waals surface area contributed by atoms with Gasteiger partial charge in [-0.2, -0.15) is 0 Å². The summed E-state index contributed by atoms with van der Waals surface area (Å²) in [5, 5.41) is 10.9. The average Bonchev–Trinajstić information content (AvgIpc) is 2.89. The number of carbonyl (C=O) groups is 1. The van der Waals surface area contributed by atoms with Crippen LogP contribution >= 0.6 is 0 Å². The summed E-state index contributed by atoms with van der Waals surface area (Å²) in [5.41, 5.74) is 3.58. The molecule has 0 atom stereocenters. The maximum Gasteiger partial charge on any atom is 0.270 e. The highest BCUT2D eigenvalue weighted by Crippen LogP contribution is 2.30. The smallest absolute Gasteiger partial charge is 0.270 e. The van der Waals surface area contributed by atoms with Crippen molar-refractivity contribution in [3.63, 3.8) is 0 Å². The highest BCUT2D eigenvalue weighted by atomic mass is 16.6. The van der Waals surface area contributed by atoms with Gasteiger partial charge in [0.1, 0.15) is 0 Å². The lowest BCUT2D eigenvalue weighted by molar-refractivity contribution is -0.384. The van der Waals surface area contributed by atoms with Gasteiger partial charge in [-0.15, -0.1) is 0 Å². The molecule has 2 aromatic carbocycles. The summed E-state index contributed by atoms with van der Waals surface area (Å²) < 4.78 is 0. The second kappa shape index (κ2) is 5.13. The fourth-order valence-corrected chi connectivity index (χ4v) is 2.99. The highest BCUT2D eigenvalue weighted by molar-refractivity contribution is 5.99. The molecule has 106 valence electrons. The maximum absolute atomic E-state index is 12.6. The van der Waals surface area contributed by atoms with E-state index in [-0.39, 0.29) is 17.4 Å². The molecule has 0 aliphatic heterocycles. The molecule has 1 aliphatic carbocycles. The van der Waals surface area contributed by atoms with Gasteiger partial charge in [-0.05, 0) is 42.5 Å². The molecule has 0 spiro atoms. The van der Waals surface area contributed by atoms with Crippen LogP contribution in [0.1, 0.15) is 27.0 Å². The number of aryl methyl sites for hydroxylation is 1. The molecule has 0 amide bonds. The van der Waals surface area contributed by atoms with Crippen LogP contribution in [0, 0.1) is 23.0 Å². The van der Waals surface area contributed by atoms with E-state index < -0.39 is 4.92 Å². The van der Waals surface area contributed by atoms with Gasteiger partial charge >= 0.3 is 0 Å². The Kier molecular flexibility index (Phi) is 3.29. The number of nitro benzene ring substituents is 1. The van der Waals surface area contributed by atoms with Crippen LogP contribution in [0.5, 0.6) is 0 Å². The number of rotatable bonds is 3. The van der Waals surface area contributed by atoms with Gasteiger partial charge in [0.15, 0.2) is 5.78 Å². The van der Waals surface area contributed by atoms with Crippen molar-refractivity contribution in [2.24, 2.45) is 5.92 Å². The number of hydrogen-bond acceptors (Lipinski definition) is 3. The first kappa shape index (κ1) is 13.5. The van der Waals surface area contributed by atoms with Gasteiger partial charge in [-0.3, -0.25) is 14.9 Å². The van der Waals surface area contributed by atoms with Gasteiger partial charge in [0, 0.05) is 23.6 Å². The molecule has 0 radical (unpaired) electrons. The second-order valence-corrected chi connectivity index (χ2v) is 5.55. The lowest BCUT2D eigenvalue weighted by Crippen LogP contribution is -2.15. The third kappa shape index (κ3) is 2.57. The summed E-state index contributed by atoms with van der Waals surface area (Å²) in [7, 11) is 0. The average molecular weight is 281 g/mol. The minimum Gasteiger partial charge on any atom is -0.294 e. The highest BCUT2D eigenvalue weighted by Gasteiger charge is 2.28. The Balaban J connectivity index is 1.89. The van der Waals surface area contributed by atoms with E-state index in [0.29, 0.717) is 5.56 Å². The summed E-state index contributed by atoms with van der Waals surface area (Å²) >= 11 is 0. The van der Waals surface area contributed by atoms with Crippen molar-refractivity contribution in [2.75, 3.05) is 0 Å². The van der Waals surface area contributed by atoms with Crippen molar-refractivity contribution < 1.29 is 9.72 Å². The van der Waals surface area contributed by atoms with E-state index in [1.807, 2.05) is 24.3 Å². The first-order valence-corrected chi connectivity index (χ1v) is 6.91. The number of non-ortho nitro benzene ring substituents is 1. The van der Waals surface area contributed by atoms with Crippen LogP contribution < -0.4 is 0 Å². The SMILES string of the molecule is Cc1cc(C(=O)C2Cc3ccccc3C2)cc([N+](=O)[O-])c1. The standard InChI is InChI=1S/C17H15NO3/c1-11-6-14(10-16(7-11)18(20)21)17(19)15-8-12-4-2-3-5-13(12)9-15/h2-7,10,15H,8-9H2,1H3. The number of hydrogen-bond donors (Lipinski definition) is 0. The second-order valence-electron chi connectivity index (χ2n) is 5.55. The molecule has 0 aromatic heterocycles. The molecule has 0 N–H and O–H groups in total. The number of ketones is 1. The number of benzene rings is 2. The zero-order valence-corrected chi connectivity index (χ0v) is 11.7. The topological polar surface area (TPSA) is 60.2 Å². The zero-order chi connectivity index (χ0) is 15.0. The third-order valence-corrected chi connectivity index (χ3v) is 3.98. The minimum atomic E-state index is -0.451. The van der Waals surface area contributed by atoms with Crippen LogP contribution in [0.15, 0.2) is 42.5 Å². The lowest BCUT2D eigenvalue weighted by atomic mass is 9.94. The summed E-state index contributed by atoms with van der Waals surface area (Å²) in [6.07, 6.45) is 1.44. The van der Waals surface area contributed by atoms with Gasteiger partial charge in [0.25, 0.3) is 5.69 Å². The van der Waals surface area contributed by atoms with Crippen molar-refractivity contribution in [3.8, 4) is 0 Å². The largest absolute Gasteiger partial charge is 0.294 e.